The van der Waals surface area contributed by atoms with Crippen LogP contribution < -0.4 is 4.74 Å². The Morgan fingerprint density at radius 3 is 2.28 bits per heavy atom. The Bertz CT molecular complexity index is 950. The van der Waals surface area contributed by atoms with Crippen molar-refractivity contribution in [1.29, 1.82) is 0 Å². The van der Waals surface area contributed by atoms with Gasteiger partial charge in [0.25, 0.3) is 5.91 Å². The van der Waals surface area contributed by atoms with Crippen LogP contribution in [-0.2, 0) is 14.8 Å². The van der Waals surface area contributed by atoms with Crippen LogP contribution in [0.15, 0.2) is 53.4 Å². The molecule has 7 heteroatoms. The van der Waals surface area contributed by atoms with Gasteiger partial charge in [0, 0.05) is 26.2 Å². The van der Waals surface area contributed by atoms with Crippen LogP contribution >= 0.6 is 0 Å². The number of sulfonamides is 1. The summed E-state index contributed by atoms with van der Waals surface area (Å²) in [6.07, 6.45) is 0. The summed E-state index contributed by atoms with van der Waals surface area (Å²) in [5.74, 6) is 0.979. The Kier molecular flexibility index (Phi) is 6.59. The van der Waals surface area contributed by atoms with E-state index in [4.69, 9.17) is 4.74 Å². The molecule has 0 spiro atoms. The van der Waals surface area contributed by atoms with Crippen LogP contribution in [0.3, 0.4) is 0 Å². The maximum absolute atomic E-state index is 12.7. The van der Waals surface area contributed by atoms with Crippen molar-refractivity contribution in [2.45, 2.75) is 31.6 Å². The van der Waals surface area contributed by atoms with E-state index in [-0.39, 0.29) is 30.5 Å². The predicted molar refractivity (Wildman–Crippen MR) is 113 cm³/mol. The zero-order valence-corrected chi connectivity index (χ0v) is 18.0. The molecule has 2 aromatic rings. The Morgan fingerprint density at radius 1 is 1.03 bits per heavy atom. The van der Waals surface area contributed by atoms with E-state index in [1.807, 2.05) is 25.1 Å². The second-order valence-corrected chi connectivity index (χ2v) is 9.50. The van der Waals surface area contributed by atoms with Gasteiger partial charge in [0.15, 0.2) is 6.61 Å². The highest BCUT2D eigenvalue weighted by Crippen LogP contribution is 2.23. The van der Waals surface area contributed by atoms with Gasteiger partial charge in [0.2, 0.25) is 10.0 Å². The second-order valence-electron chi connectivity index (χ2n) is 7.56. The van der Waals surface area contributed by atoms with Crippen LogP contribution in [0.5, 0.6) is 5.75 Å². The third kappa shape index (κ3) is 4.97. The number of amides is 1. The number of piperazine rings is 1. The number of benzene rings is 2. The summed E-state index contributed by atoms with van der Waals surface area (Å²) < 4.78 is 32.5. The summed E-state index contributed by atoms with van der Waals surface area (Å²) >= 11 is 0. The van der Waals surface area contributed by atoms with Crippen molar-refractivity contribution in [3.8, 4) is 5.75 Å². The Morgan fingerprint density at radius 2 is 1.69 bits per heavy atom. The van der Waals surface area contributed by atoms with Gasteiger partial charge in [-0.15, -0.1) is 0 Å². The van der Waals surface area contributed by atoms with Crippen molar-refractivity contribution in [2.24, 2.45) is 0 Å². The van der Waals surface area contributed by atoms with Gasteiger partial charge < -0.3 is 9.64 Å². The molecule has 0 aliphatic carbocycles. The third-order valence-corrected chi connectivity index (χ3v) is 7.11. The van der Waals surface area contributed by atoms with Crippen molar-refractivity contribution in [3.63, 3.8) is 0 Å². The molecule has 0 saturated carbocycles. The van der Waals surface area contributed by atoms with Crippen LogP contribution in [0.25, 0.3) is 0 Å². The lowest BCUT2D eigenvalue weighted by molar-refractivity contribution is -0.134. The van der Waals surface area contributed by atoms with Gasteiger partial charge in [0.05, 0.1) is 4.90 Å². The van der Waals surface area contributed by atoms with Gasteiger partial charge in [0.1, 0.15) is 5.75 Å². The first kappa shape index (κ1) is 21.3. The van der Waals surface area contributed by atoms with Gasteiger partial charge in [-0.3, -0.25) is 4.79 Å². The fourth-order valence-corrected chi connectivity index (χ4v) is 4.98. The fourth-order valence-electron chi connectivity index (χ4n) is 3.54. The number of aryl methyl sites for hydroxylation is 1. The molecule has 0 radical (unpaired) electrons. The predicted octanol–water partition coefficient (Wildman–Crippen LogP) is 3.03. The Labute approximate surface area is 173 Å². The summed E-state index contributed by atoms with van der Waals surface area (Å²) in [6, 6.07) is 14.3. The first-order valence-electron chi connectivity index (χ1n) is 9.85. The molecule has 1 saturated heterocycles. The highest BCUT2D eigenvalue weighted by Gasteiger charge is 2.30. The van der Waals surface area contributed by atoms with Gasteiger partial charge in [-0.25, -0.2) is 8.42 Å². The zero-order valence-electron chi connectivity index (χ0n) is 17.2. The van der Waals surface area contributed by atoms with E-state index in [0.29, 0.717) is 24.8 Å². The van der Waals surface area contributed by atoms with Crippen LogP contribution in [0.2, 0.25) is 0 Å². The fraction of sp³-hybridized carbons (Fsp3) is 0.409. The highest BCUT2D eigenvalue weighted by atomic mass is 32.2. The zero-order chi connectivity index (χ0) is 21.0. The second kappa shape index (κ2) is 8.97. The average molecular weight is 417 g/mol. The van der Waals surface area contributed by atoms with E-state index < -0.39 is 10.0 Å². The molecule has 2 aromatic carbocycles. The summed E-state index contributed by atoms with van der Waals surface area (Å²) in [5, 5.41) is 0. The van der Waals surface area contributed by atoms with Crippen molar-refractivity contribution < 1.29 is 17.9 Å². The van der Waals surface area contributed by atoms with Gasteiger partial charge in [-0.2, -0.15) is 4.31 Å². The normalized spacial score (nSPS) is 15.5. The number of rotatable bonds is 6. The number of hydrogen-bond donors (Lipinski definition) is 0. The molecule has 156 valence electrons. The minimum Gasteiger partial charge on any atom is -0.484 e. The summed E-state index contributed by atoms with van der Waals surface area (Å²) in [6.45, 7) is 7.56. The lowest BCUT2D eigenvalue weighted by Crippen LogP contribution is -2.51. The number of nitrogens with zero attached hydrogens (tertiary/aromatic N) is 2. The van der Waals surface area contributed by atoms with Crippen LogP contribution in [0.1, 0.15) is 30.9 Å². The van der Waals surface area contributed by atoms with Crippen LogP contribution in [0, 0.1) is 6.92 Å². The largest absolute Gasteiger partial charge is 0.484 e. The first-order chi connectivity index (χ1) is 13.8. The molecule has 1 fully saturated rings. The lowest BCUT2D eigenvalue weighted by atomic mass is 9.98. The van der Waals surface area contributed by atoms with Crippen LogP contribution in [0.4, 0.5) is 0 Å². The Balaban J connectivity index is 1.53. The molecule has 0 N–H and O–H groups in total. The van der Waals surface area contributed by atoms with Crippen molar-refractivity contribution in [3.05, 3.63) is 59.7 Å². The number of hydrogen-bond acceptors (Lipinski definition) is 4. The molecule has 0 aromatic heterocycles. The lowest BCUT2D eigenvalue weighted by Gasteiger charge is -2.34. The SMILES string of the molecule is Cc1cc(OCC(=O)N2CCN(S(=O)(=O)c3ccccc3)CC2)ccc1C(C)C. The summed E-state index contributed by atoms with van der Waals surface area (Å²) in [4.78, 5) is 14.4. The van der Waals surface area contributed by atoms with E-state index in [0.717, 1.165) is 5.56 Å². The van der Waals surface area contributed by atoms with Crippen molar-refractivity contribution >= 4 is 15.9 Å². The van der Waals surface area contributed by atoms with E-state index in [9.17, 15) is 13.2 Å². The van der Waals surface area contributed by atoms with E-state index in [1.165, 1.54) is 9.87 Å². The first-order valence-corrected chi connectivity index (χ1v) is 11.3. The van der Waals surface area contributed by atoms with E-state index >= 15 is 0 Å². The average Bonchev–Trinajstić information content (AvgIpc) is 2.72. The molecule has 0 bridgehead atoms. The molecule has 1 amide bonds. The molecule has 29 heavy (non-hydrogen) atoms. The molecule has 6 nitrogen and oxygen atoms in total. The Hall–Kier alpha value is -2.38. The molecule has 0 atom stereocenters. The summed E-state index contributed by atoms with van der Waals surface area (Å²) in [5.41, 5.74) is 2.41. The minimum absolute atomic E-state index is 0.0497. The molecule has 1 aliphatic rings. The number of carbonyl (C=O) groups excluding carboxylic acids is 1. The van der Waals surface area contributed by atoms with Crippen molar-refractivity contribution in [1.82, 2.24) is 9.21 Å². The maximum Gasteiger partial charge on any atom is 0.260 e. The van der Waals surface area contributed by atoms with E-state index in [2.05, 4.69) is 13.8 Å². The minimum atomic E-state index is -3.52. The topological polar surface area (TPSA) is 66.9 Å². The van der Waals surface area contributed by atoms with Gasteiger partial charge in [-0.05, 0) is 48.2 Å². The molecule has 1 aliphatic heterocycles. The van der Waals surface area contributed by atoms with E-state index in [1.54, 1.807) is 35.2 Å². The standard InChI is InChI=1S/C22H28N2O4S/c1-17(2)21-10-9-19(15-18(21)3)28-16-22(25)23-11-13-24(14-12-23)29(26,27)20-7-5-4-6-8-20/h4-10,15,17H,11-14,16H2,1-3H3. The van der Waals surface area contributed by atoms with Gasteiger partial charge in [-0.1, -0.05) is 38.1 Å². The molecule has 3 rings (SSSR count). The smallest absolute Gasteiger partial charge is 0.260 e. The quantitative estimate of drug-likeness (QED) is 0.726. The monoisotopic (exact) mass is 416 g/mol. The third-order valence-electron chi connectivity index (χ3n) is 5.20. The van der Waals surface area contributed by atoms with Crippen LogP contribution in [-0.4, -0.2) is 56.3 Å². The molecular formula is C22H28N2O4S. The molecular weight excluding hydrogens is 388 g/mol. The molecule has 0 unspecified atom stereocenters. The summed E-state index contributed by atoms with van der Waals surface area (Å²) in [7, 11) is -3.52. The molecule has 1 heterocycles. The number of ether oxygens (including phenoxy) is 1. The highest BCUT2D eigenvalue weighted by molar-refractivity contribution is 7.89. The van der Waals surface area contributed by atoms with Gasteiger partial charge >= 0.3 is 0 Å². The van der Waals surface area contributed by atoms with Crippen molar-refractivity contribution in [2.75, 3.05) is 32.8 Å². The maximum atomic E-state index is 12.7. The number of carbonyl (C=O) groups is 1.